The second kappa shape index (κ2) is 12.5. The van der Waals surface area contributed by atoms with Crippen LogP contribution in [0.25, 0.3) is 17.2 Å². The molecule has 1 N–H and O–H groups in total. The number of rotatable bonds is 12. The van der Waals surface area contributed by atoms with Gasteiger partial charge in [-0.2, -0.15) is 0 Å². The molecule has 2 heterocycles. The molecule has 0 aliphatic carbocycles. The van der Waals surface area contributed by atoms with Gasteiger partial charge in [-0.15, -0.1) is 10.2 Å². The van der Waals surface area contributed by atoms with Crippen molar-refractivity contribution in [2.24, 2.45) is 0 Å². The first kappa shape index (κ1) is 29.7. The summed E-state index contributed by atoms with van der Waals surface area (Å²) in [6.07, 6.45) is -1.03. The predicted octanol–water partition coefficient (Wildman–Crippen LogP) is 4.16. The van der Waals surface area contributed by atoms with E-state index in [4.69, 9.17) is 14.2 Å². The third-order valence-corrected chi connectivity index (χ3v) is 8.67. The molecule has 11 nitrogen and oxygen atoms in total. The summed E-state index contributed by atoms with van der Waals surface area (Å²) in [5, 5.41) is 18.4. The number of hydrogen-bond acceptors (Lipinski definition) is 9. The zero-order valence-corrected chi connectivity index (χ0v) is 24.2. The largest absolute Gasteiger partial charge is 0.494 e. The number of benzene rings is 2. The molecule has 0 aliphatic rings. The Bertz CT molecular complexity index is 1570. The summed E-state index contributed by atoms with van der Waals surface area (Å²) in [5.41, 5.74) is 0.956. The van der Waals surface area contributed by atoms with Gasteiger partial charge in [0.15, 0.2) is 5.82 Å². The van der Waals surface area contributed by atoms with Gasteiger partial charge in [0, 0.05) is 12.6 Å². The summed E-state index contributed by atoms with van der Waals surface area (Å²) < 4.78 is 61.0. The molecule has 0 spiro atoms. The number of halogens is 1. The Hall–Kier alpha value is -4.23. The van der Waals surface area contributed by atoms with E-state index in [2.05, 4.69) is 15.2 Å². The minimum atomic E-state index is -4.29. The lowest BCUT2D eigenvalue weighted by Gasteiger charge is -2.29. The van der Waals surface area contributed by atoms with Crippen molar-refractivity contribution in [1.82, 2.24) is 19.7 Å². The molecule has 0 bridgehead atoms. The molecule has 0 saturated carbocycles. The average molecular weight is 586 g/mol. The Kier molecular flexibility index (Phi) is 9.08. The summed E-state index contributed by atoms with van der Waals surface area (Å²) in [7, 11) is 0.155. The SMILES string of the molecule is CCCN(c1nnc(-c2cccc(OC)n2)n1-c1c(OC)cccc1OC)S(=O)(=O)[C@H](C)[C@H](O)c1ccc(F)cc1. The van der Waals surface area contributed by atoms with Crippen LogP contribution >= 0.6 is 0 Å². The molecule has 41 heavy (non-hydrogen) atoms. The molecule has 0 amide bonds. The van der Waals surface area contributed by atoms with Gasteiger partial charge in [0.1, 0.15) is 33.9 Å². The quantitative estimate of drug-likeness (QED) is 0.261. The standard InChI is InChI=1S/C28H32FN5O6S/c1-6-17-33(41(36,37)18(2)26(35)19-13-15-20(29)16-14-19)28-32-31-27(21-9-7-12-24(30-21)40-5)34(28)25-22(38-3)10-8-11-23(25)39-4/h7-16,18,26,35H,6,17H2,1-5H3/t18-,26+/m1/s1. The number of anilines is 1. The van der Waals surface area contributed by atoms with E-state index in [1.165, 1.54) is 57.1 Å². The number of ether oxygens (including phenoxy) is 3. The fraction of sp³-hybridized carbons (Fsp3) is 0.321. The molecule has 13 heteroatoms. The molecule has 0 aliphatic heterocycles. The minimum absolute atomic E-state index is 0.0178. The van der Waals surface area contributed by atoms with E-state index in [1.54, 1.807) is 36.4 Å². The summed E-state index contributed by atoms with van der Waals surface area (Å²) >= 11 is 0. The van der Waals surface area contributed by atoms with Crippen molar-refractivity contribution >= 4 is 16.0 Å². The molecule has 0 unspecified atom stereocenters. The summed E-state index contributed by atoms with van der Waals surface area (Å²) in [4.78, 5) is 4.48. The van der Waals surface area contributed by atoms with E-state index in [0.717, 1.165) is 4.31 Å². The van der Waals surface area contributed by atoms with Crippen LogP contribution in [0.4, 0.5) is 10.3 Å². The van der Waals surface area contributed by atoms with Gasteiger partial charge in [0.2, 0.25) is 21.9 Å². The number of aromatic nitrogens is 4. The van der Waals surface area contributed by atoms with Crippen LogP contribution < -0.4 is 18.5 Å². The summed E-state index contributed by atoms with van der Waals surface area (Å²) in [6.45, 7) is 3.23. The van der Waals surface area contributed by atoms with Crippen molar-refractivity contribution in [2.45, 2.75) is 31.6 Å². The maximum atomic E-state index is 14.2. The van der Waals surface area contributed by atoms with Crippen LogP contribution in [0, 0.1) is 5.82 Å². The maximum absolute atomic E-state index is 14.2. The highest BCUT2D eigenvalue weighted by molar-refractivity contribution is 7.93. The lowest BCUT2D eigenvalue weighted by atomic mass is 10.1. The van der Waals surface area contributed by atoms with Gasteiger partial charge in [-0.3, -0.25) is 4.57 Å². The fourth-order valence-electron chi connectivity index (χ4n) is 4.35. The number of aliphatic hydroxyl groups excluding tert-OH is 1. The number of methoxy groups -OCH3 is 3. The van der Waals surface area contributed by atoms with Crippen molar-refractivity contribution in [1.29, 1.82) is 0 Å². The minimum Gasteiger partial charge on any atom is -0.494 e. The first-order chi connectivity index (χ1) is 19.7. The highest BCUT2D eigenvalue weighted by Crippen LogP contribution is 2.39. The van der Waals surface area contributed by atoms with E-state index in [-0.39, 0.29) is 23.9 Å². The highest BCUT2D eigenvalue weighted by atomic mass is 32.2. The second-order valence-electron chi connectivity index (χ2n) is 9.05. The molecule has 2 atom stereocenters. The number of pyridine rings is 1. The van der Waals surface area contributed by atoms with E-state index in [1.807, 2.05) is 6.92 Å². The molecule has 0 fully saturated rings. The zero-order valence-electron chi connectivity index (χ0n) is 23.4. The first-order valence-electron chi connectivity index (χ1n) is 12.8. The van der Waals surface area contributed by atoms with Crippen LogP contribution in [0.5, 0.6) is 17.4 Å². The summed E-state index contributed by atoms with van der Waals surface area (Å²) in [6, 6.07) is 15.2. The van der Waals surface area contributed by atoms with Crippen LogP contribution in [-0.4, -0.2) is 66.4 Å². The Morgan fingerprint density at radius 1 is 0.951 bits per heavy atom. The molecule has 0 saturated heterocycles. The van der Waals surface area contributed by atoms with Crippen LogP contribution in [0.1, 0.15) is 31.9 Å². The lowest BCUT2D eigenvalue weighted by Crippen LogP contribution is -2.42. The molecule has 4 aromatic rings. The van der Waals surface area contributed by atoms with Crippen LogP contribution in [0.3, 0.4) is 0 Å². The Morgan fingerprint density at radius 3 is 2.17 bits per heavy atom. The van der Waals surface area contributed by atoms with Crippen molar-refractivity contribution in [3.05, 3.63) is 72.0 Å². The van der Waals surface area contributed by atoms with Gasteiger partial charge >= 0.3 is 0 Å². The van der Waals surface area contributed by atoms with Crippen LogP contribution in [0.2, 0.25) is 0 Å². The van der Waals surface area contributed by atoms with Crippen molar-refractivity contribution in [3.8, 4) is 34.6 Å². The number of sulfonamides is 1. The fourth-order valence-corrected chi connectivity index (χ4v) is 6.02. The number of para-hydroxylation sites is 1. The molecule has 2 aromatic heterocycles. The predicted molar refractivity (Wildman–Crippen MR) is 152 cm³/mol. The third-order valence-electron chi connectivity index (χ3n) is 6.52. The van der Waals surface area contributed by atoms with E-state index in [9.17, 15) is 17.9 Å². The Balaban J connectivity index is 1.96. The first-order valence-corrected chi connectivity index (χ1v) is 14.3. The van der Waals surface area contributed by atoms with Gasteiger partial charge in [0.25, 0.3) is 0 Å². The average Bonchev–Trinajstić information content (AvgIpc) is 3.42. The van der Waals surface area contributed by atoms with E-state index >= 15 is 0 Å². The van der Waals surface area contributed by atoms with Crippen molar-refractivity contribution in [2.75, 3.05) is 32.2 Å². The topological polar surface area (TPSA) is 129 Å². The molecular weight excluding hydrogens is 553 g/mol. The molecule has 218 valence electrons. The number of aliphatic hydroxyl groups is 1. The van der Waals surface area contributed by atoms with Crippen molar-refractivity contribution < 1.29 is 32.1 Å². The number of hydrogen-bond donors (Lipinski definition) is 1. The van der Waals surface area contributed by atoms with Crippen molar-refractivity contribution in [3.63, 3.8) is 0 Å². The molecule has 2 aromatic carbocycles. The van der Waals surface area contributed by atoms with Gasteiger partial charge < -0.3 is 19.3 Å². The van der Waals surface area contributed by atoms with Gasteiger partial charge in [-0.1, -0.05) is 31.2 Å². The van der Waals surface area contributed by atoms with Gasteiger partial charge in [-0.25, -0.2) is 22.1 Å². The second-order valence-corrected chi connectivity index (χ2v) is 11.3. The lowest BCUT2D eigenvalue weighted by molar-refractivity contribution is 0.175. The van der Waals surface area contributed by atoms with Crippen LogP contribution in [0.15, 0.2) is 60.7 Å². The van der Waals surface area contributed by atoms with E-state index < -0.39 is 27.2 Å². The zero-order chi connectivity index (χ0) is 29.7. The molecule has 4 rings (SSSR count). The third kappa shape index (κ3) is 5.81. The molecular formula is C28H32FN5O6S. The monoisotopic (exact) mass is 585 g/mol. The normalized spacial score (nSPS) is 13.0. The van der Waals surface area contributed by atoms with Gasteiger partial charge in [-0.05, 0) is 49.2 Å². The highest BCUT2D eigenvalue weighted by Gasteiger charge is 2.38. The Morgan fingerprint density at radius 2 is 1.59 bits per heavy atom. The number of nitrogens with zero attached hydrogens (tertiary/aromatic N) is 5. The van der Waals surface area contributed by atoms with E-state index in [0.29, 0.717) is 35.2 Å². The smallest absolute Gasteiger partial charge is 0.246 e. The summed E-state index contributed by atoms with van der Waals surface area (Å²) in [5.74, 6) is 0.684. The van der Waals surface area contributed by atoms with Crippen LogP contribution in [-0.2, 0) is 10.0 Å². The van der Waals surface area contributed by atoms with Gasteiger partial charge in [0.05, 0.1) is 27.4 Å². The Labute approximate surface area is 238 Å². The maximum Gasteiger partial charge on any atom is 0.246 e. The molecule has 0 radical (unpaired) electrons.